The van der Waals surface area contributed by atoms with E-state index in [9.17, 15) is 0 Å². The van der Waals surface area contributed by atoms with Crippen molar-refractivity contribution < 1.29 is 0 Å². The number of pyridine rings is 1. The predicted octanol–water partition coefficient (Wildman–Crippen LogP) is 3.10. The predicted molar refractivity (Wildman–Crippen MR) is 68.8 cm³/mol. The van der Waals surface area contributed by atoms with Crippen LogP contribution in [0.4, 0.5) is 5.69 Å². The van der Waals surface area contributed by atoms with Crippen LogP contribution in [-0.4, -0.2) is 4.98 Å². The van der Waals surface area contributed by atoms with E-state index in [1.807, 2.05) is 32.9 Å². The minimum absolute atomic E-state index is 0.728. The lowest BCUT2D eigenvalue weighted by atomic mass is 10.1. The first-order valence-corrected chi connectivity index (χ1v) is 5.46. The lowest BCUT2D eigenvalue weighted by Gasteiger charge is -2.12. The van der Waals surface area contributed by atoms with E-state index in [-0.39, 0.29) is 0 Å². The van der Waals surface area contributed by atoms with E-state index in [4.69, 9.17) is 17.4 Å². The molecule has 2 aromatic rings. The van der Waals surface area contributed by atoms with Gasteiger partial charge in [0.15, 0.2) is 0 Å². The number of anilines is 1. The first-order chi connectivity index (χ1) is 7.54. The van der Waals surface area contributed by atoms with Crippen molar-refractivity contribution in [3.05, 3.63) is 34.0 Å². The number of fused-ring (bicyclic) bond motifs is 1. The molecule has 0 fully saturated rings. The van der Waals surface area contributed by atoms with Crippen molar-refractivity contribution in [3.8, 4) is 0 Å². The molecule has 84 valence electrons. The number of halogens is 1. The van der Waals surface area contributed by atoms with E-state index < -0.39 is 0 Å². The Balaban J connectivity index is 2.91. The molecule has 0 aliphatic heterocycles. The third-order valence-electron chi connectivity index (χ3n) is 2.90. The number of rotatable bonds is 1. The molecule has 0 radical (unpaired) electrons. The topological polar surface area (TPSA) is 50.9 Å². The largest absolute Gasteiger partial charge is 0.323 e. The number of nitrogens with two attached hydrogens (primary N) is 1. The van der Waals surface area contributed by atoms with Crippen LogP contribution in [0.2, 0.25) is 5.02 Å². The smallest absolute Gasteiger partial charge is 0.0741 e. The van der Waals surface area contributed by atoms with Gasteiger partial charge in [-0.3, -0.25) is 10.8 Å². The van der Waals surface area contributed by atoms with Gasteiger partial charge in [0.25, 0.3) is 0 Å². The molecule has 2 rings (SSSR count). The Labute approximate surface area is 99.6 Å². The molecule has 0 aliphatic carbocycles. The highest BCUT2D eigenvalue weighted by molar-refractivity contribution is 6.32. The first-order valence-electron chi connectivity index (χ1n) is 5.08. The minimum atomic E-state index is 0.728. The second-order valence-electron chi connectivity index (χ2n) is 3.96. The maximum Gasteiger partial charge on any atom is 0.0741 e. The summed E-state index contributed by atoms with van der Waals surface area (Å²) in [6, 6.07) is 3.88. The van der Waals surface area contributed by atoms with Gasteiger partial charge >= 0.3 is 0 Å². The number of hydrogen-bond donors (Lipinski definition) is 2. The fraction of sp³-hybridized carbons (Fsp3) is 0.250. The lowest BCUT2D eigenvalue weighted by Crippen LogP contribution is -2.10. The van der Waals surface area contributed by atoms with Crippen molar-refractivity contribution >= 4 is 28.2 Å². The summed E-state index contributed by atoms with van der Waals surface area (Å²) < 4.78 is 0. The highest BCUT2D eigenvalue weighted by atomic mass is 35.5. The molecule has 0 spiro atoms. The molecular weight excluding hydrogens is 222 g/mol. The molecule has 0 saturated heterocycles. The number of aryl methyl sites for hydroxylation is 2. The Morgan fingerprint density at radius 2 is 1.94 bits per heavy atom. The Kier molecular flexibility index (Phi) is 2.74. The number of nitrogen functional groups attached to an aromatic ring is 1. The molecule has 0 amide bonds. The molecule has 1 aromatic heterocycles. The van der Waals surface area contributed by atoms with Crippen molar-refractivity contribution in [3.63, 3.8) is 0 Å². The van der Waals surface area contributed by atoms with Crippen LogP contribution in [0.1, 0.15) is 16.8 Å². The molecule has 1 aromatic carbocycles. The van der Waals surface area contributed by atoms with Crippen LogP contribution in [0.25, 0.3) is 10.9 Å². The molecule has 0 bridgehead atoms. The zero-order valence-corrected chi connectivity index (χ0v) is 10.3. The van der Waals surface area contributed by atoms with Crippen LogP contribution in [0, 0.1) is 20.8 Å². The first kappa shape index (κ1) is 11.2. The van der Waals surface area contributed by atoms with Crippen LogP contribution >= 0.6 is 11.6 Å². The fourth-order valence-corrected chi connectivity index (χ4v) is 1.96. The van der Waals surface area contributed by atoms with E-state index in [0.717, 1.165) is 38.4 Å². The molecule has 4 heteroatoms. The van der Waals surface area contributed by atoms with Crippen LogP contribution in [0.15, 0.2) is 12.1 Å². The molecule has 1 heterocycles. The van der Waals surface area contributed by atoms with Crippen molar-refractivity contribution in [1.29, 1.82) is 0 Å². The van der Waals surface area contributed by atoms with Crippen LogP contribution in [0.5, 0.6) is 0 Å². The second-order valence-corrected chi connectivity index (χ2v) is 4.37. The molecule has 0 atom stereocenters. The van der Waals surface area contributed by atoms with Gasteiger partial charge in [0, 0.05) is 16.1 Å². The van der Waals surface area contributed by atoms with Crippen molar-refractivity contribution in [2.24, 2.45) is 5.84 Å². The Morgan fingerprint density at radius 3 is 2.56 bits per heavy atom. The number of aromatic nitrogens is 1. The summed E-state index contributed by atoms with van der Waals surface area (Å²) in [6.07, 6.45) is 0. The highest BCUT2D eigenvalue weighted by Crippen LogP contribution is 2.30. The highest BCUT2D eigenvalue weighted by Gasteiger charge is 2.09. The van der Waals surface area contributed by atoms with Gasteiger partial charge in [-0.05, 0) is 44.0 Å². The van der Waals surface area contributed by atoms with E-state index in [1.54, 1.807) is 0 Å². The summed E-state index contributed by atoms with van der Waals surface area (Å²) in [6.45, 7) is 5.93. The lowest BCUT2D eigenvalue weighted by molar-refractivity contribution is 1.18. The molecular formula is C12H14ClN3. The maximum atomic E-state index is 6.08. The van der Waals surface area contributed by atoms with E-state index >= 15 is 0 Å². The molecule has 0 unspecified atom stereocenters. The number of hydrazine groups is 1. The van der Waals surface area contributed by atoms with Gasteiger partial charge in [-0.2, -0.15) is 0 Å². The van der Waals surface area contributed by atoms with Crippen LogP contribution in [0.3, 0.4) is 0 Å². The molecule has 16 heavy (non-hydrogen) atoms. The normalized spacial score (nSPS) is 10.8. The quantitative estimate of drug-likeness (QED) is 0.590. The van der Waals surface area contributed by atoms with Crippen LogP contribution < -0.4 is 11.3 Å². The van der Waals surface area contributed by atoms with Gasteiger partial charge in [0.2, 0.25) is 0 Å². The van der Waals surface area contributed by atoms with E-state index in [0.29, 0.717) is 0 Å². The summed E-state index contributed by atoms with van der Waals surface area (Å²) in [4.78, 5) is 4.51. The van der Waals surface area contributed by atoms with Gasteiger partial charge in [-0.1, -0.05) is 11.6 Å². The number of hydrogen-bond acceptors (Lipinski definition) is 3. The second kappa shape index (κ2) is 3.92. The average Bonchev–Trinajstić information content (AvgIpc) is 2.24. The third kappa shape index (κ3) is 1.62. The average molecular weight is 236 g/mol. The minimum Gasteiger partial charge on any atom is -0.323 e. The van der Waals surface area contributed by atoms with Crippen molar-refractivity contribution in [2.45, 2.75) is 20.8 Å². The molecule has 3 nitrogen and oxygen atoms in total. The van der Waals surface area contributed by atoms with Gasteiger partial charge in [0.1, 0.15) is 0 Å². The Bertz CT molecular complexity index is 559. The summed E-state index contributed by atoms with van der Waals surface area (Å²) >= 11 is 6.08. The Morgan fingerprint density at radius 1 is 1.25 bits per heavy atom. The van der Waals surface area contributed by atoms with E-state index in [1.165, 1.54) is 0 Å². The zero-order valence-electron chi connectivity index (χ0n) is 9.56. The maximum absolute atomic E-state index is 6.08. The van der Waals surface area contributed by atoms with Gasteiger partial charge in [-0.25, -0.2) is 0 Å². The molecule has 3 N–H and O–H groups in total. The molecule has 0 aliphatic rings. The zero-order chi connectivity index (χ0) is 11.9. The third-order valence-corrected chi connectivity index (χ3v) is 3.30. The standard InChI is InChI=1S/C12H14ClN3/c1-6-4-9-11(5-10(6)13)15-8(3)7(2)12(9)16-14/h4-5H,14H2,1-3H3,(H,15,16). The monoisotopic (exact) mass is 235 g/mol. The van der Waals surface area contributed by atoms with Crippen LogP contribution in [-0.2, 0) is 0 Å². The fourth-order valence-electron chi connectivity index (χ4n) is 1.80. The number of nitrogens with zero attached hydrogens (tertiary/aromatic N) is 1. The van der Waals surface area contributed by atoms with Gasteiger partial charge in [-0.15, -0.1) is 0 Å². The van der Waals surface area contributed by atoms with Crippen molar-refractivity contribution in [1.82, 2.24) is 4.98 Å². The van der Waals surface area contributed by atoms with Gasteiger partial charge < -0.3 is 5.43 Å². The molecule has 0 saturated carbocycles. The summed E-state index contributed by atoms with van der Waals surface area (Å²) in [5.74, 6) is 5.56. The summed E-state index contributed by atoms with van der Waals surface area (Å²) in [5.41, 5.74) is 7.58. The van der Waals surface area contributed by atoms with Gasteiger partial charge in [0.05, 0.1) is 11.2 Å². The number of nitrogens with one attached hydrogen (secondary N) is 1. The summed E-state index contributed by atoms with van der Waals surface area (Å²) in [5, 5.41) is 1.73. The SMILES string of the molecule is Cc1cc2c(NN)c(C)c(C)nc2cc1Cl. The Hall–Kier alpha value is -1.32. The number of benzene rings is 1. The summed E-state index contributed by atoms with van der Waals surface area (Å²) in [7, 11) is 0. The van der Waals surface area contributed by atoms with E-state index in [2.05, 4.69) is 10.4 Å². The van der Waals surface area contributed by atoms with Crippen molar-refractivity contribution in [2.75, 3.05) is 5.43 Å².